The number of para-hydroxylation sites is 1. The molecular formula is C13H16N4O2S. The van der Waals surface area contributed by atoms with Crippen molar-refractivity contribution in [2.45, 2.75) is 11.7 Å². The van der Waals surface area contributed by atoms with E-state index in [4.69, 9.17) is 0 Å². The number of hydrogen-bond acceptors (Lipinski definition) is 6. The highest BCUT2D eigenvalue weighted by atomic mass is 32.2. The van der Waals surface area contributed by atoms with Crippen molar-refractivity contribution in [3.05, 3.63) is 36.2 Å². The van der Waals surface area contributed by atoms with Crippen LogP contribution in [0.5, 0.6) is 0 Å². The molecule has 0 atom stereocenters. The summed E-state index contributed by atoms with van der Waals surface area (Å²) in [5.41, 5.74) is 1.03. The molecule has 2 aromatic rings. The standard InChI is InChI=1S/C13H16N4O2S/c1-17-11(8-14-10-6-4-3-5-7-10)15-16-13(17)20-9-12(18)19-2/h3-7,14H,8-9H2,1-2H3. The third-order valence-corrected chi connectivity index (χ3v) is 3.69. The third-order valence-electron chi connectivity index (χ3n) is 2.70. The summed E-state index contributed by atoms with van der Waals surface area (Å²) in [5, 5.41) is 12.1. The molecule has 0 fully saturated rings. The number of methoxy groups -OCH3 is 1. The molecule has 7 heteroatoms. The number of hydrogen-bond donors (Lipinski definition) is 1. The number of esters is 1. The lowest BCUT2D eigenvalue weighted by atomic mass is 10.3. The van der Waals surface area contributed by atoms with Gasteiger partial charge >= 0.3 is 5.97 Å². The van der Waals surface area contributed by atoms with E-state index in [-0.39, 0.29) is 11.7 Å². The van der Waals surface area contributed by atoms with Crippen LogP contribution >= 0.6 is 11.8 Å². The minimum absolute atomic E-state index is 0.231. The summed E-state index contributed by atoms with van der Waals surface area (Å²) in [4.78, 5) is 11.1. The van der Waals surface area contributed by atoms with E-state index in [9.17, 15) is 4.79 Å². The van der Waals surface area contributed by atoms with Crippen LogP contribution in [0.3, 0.4) is 0 Å². The van der Waals surface area contributed by atoms with E-state index in [0.29, 0.717) is 11.7 Å². The molecule has 20 heavy (non-hydrogen) atoms. The lowest BCUT2D eigenvalue weighted by Gasteiger charge is -2.06. The van der Waals surface area contributed by atoms with Gasteiger partial charge in [-0.05, 0) is 12.1 Å². The highest BCUT2D eigenvalue weighted by molar-refractivity contribution is 7.99. The van der Waals surface area contributed by atoms with Crippen molar-refractivity contribution in [2.75, 3.05) is 18.2 Å². The number of nitrogens with one attached hydrogen (secondary N) is 1. The third kappa shape index (κ3) is 3.74. The Morgan fingerprint density at radius 2 is 2.10 bits per heavy atom. The molecule has 1 aromatic heterocycles. The van der Waals surface area contributed by atoms with Gasteiger partial charge in [-0.25, -0.2) is 0 Å². The van der Waals surface area contributed by atoms with Gasteiger partial charge in [0, 0.05) is 12.7 Å². The number of nitrogens with zero attached hydrogens (tertiary/aromatic N) is 3. The van der Waals surface area contributed by atoms with Gasteiger partial charge in [-0.1, -0.05) is 30.0 Å². The van der Waals surface area contributed by atoms with Gasteiger partial charge in [0.25, 0.3) is 0 Å². The number of thioether (sulfide) groups is 1. The number of benzene rings is 1. The zero-order chi connectivity index (χ0) is 14.4. The van der Waals surface area contributed by atoms with E-state index in [1.165, 1.54) is 18.9 Å². The van der Waals surface area contributed by atoms with E-state index in [2.05, 4.69) is 20.3 Å². The molecule has 1 aromatic carbocycles. The van der Waals surface area contributed by atoms with Crippen LogP contribution < -0.4 is 5.32 Å². The molecule has 0 unspecified atom stereocenters. The van der Waals surface area contributed by atoms with Crippen LogP contribution in [0.1, 0.15) is 5.82 Å². The summed E-state index contributed by atoms with van der Waals surface area (Å²) in [6, 6.07) is 9.88. The second-order valence-electron chi connectivity index (χ2n) is 4.04. The Balaban J connectivity index is 1.93. The lowest BCUT2D eigenvalue weighted by molar-refractivity contribution is -0.137. The Morgan fingerprint density at radius 3 is 2.80 bits per heavy atom. The molecule has 0 amide bonds. The molecule has 2 rings (SSSR count). The first-order valence-corrected chi connectivity index (χ1v) is 7.06. The van der Waals surface area contributed by atoms with E-state index >= 15 is 0 Å². The molecule has 0 radical (unpaired) electrons. The lowest BCUT2D eigenvalue weighted by Crippen LogP contribution is -2.07. The molecule has 0 aliphatic carbocycles. The monoisotopic (exact) mass is 292 g/mol. The summed E-state index contributed by atoms with van der Waals surface area (Å²) < 4.78 is 6.46. The number of anilines is 1. The summed E-state index contributed by atoms with van der Waals surface area (Å²) in [5.74, 6) is 0.761. The van der Waals surface area contributed by atoms with E-state index in [0.717, 1.165) is 11.5 Å². The maximum Gasteiger partial charge on any atom is 0.316 e. The average Bonchev–Trinajstić information content (AvgIpc) is 2.84. The first-order valence-electron chi connectivity index (χ1n) is 6.07. The zero-order valence-corrected chi connectivity index (χ0v) is 12.2. The van der Waals surface area contributed by atoms with Gasteiger partial charge in [-0.3, -0.25) is 4.79 Å². The molecule has 0 spiro atoms. The summed E-state index contributed by atoms with van der Waals surface area (Å²) in [6.07, 6.45) is 0. The molecule has 106 valence electrons. The van der Waals surface area contributed by atoms with Crippen LogP contribution in [0, 0.1) is 0 Å². The van der Waals surface area contributed by atoms with Crippen molar-refractivity contribution in [3.8, 4) is 0 Å². The fourth-order valence-electron chi connectivity index (χ4n) is 1.54. The van der Waals surface area contributed by atoms with E-state index in [1.807, 2.05) is 41.9 Å². The van der Waals surface area contributed by atoms with Crippen LogP contribution in [0.25, 0.3) is 0 Å². The summed E-state index contributed by atoms with van der Waals surface area (Å²) >= 11 is 1.31. The van der Waals surface area contributed by atoms with Gasteiger partial charge < -0.3 is 14.6 Å². The number of rotatable bonds is 6. The van der Waals surface area contributed by atoms with Crippen molar-refractivity contribution < 1.29 is 9.53 Å². The zero-order valence-electron chi connectivity index (χ0n) is 11.4. The van der Waals surface area contributed by atoms with Gasteiger partial charge in [0.1, 0.15) is 0 Å². The first kappa shape index (κ1) is 14.4. The topological polar surface area (TPSA) is 69.0 Å². The normalized spacial score (nSPS) is 10.3. The fraction of sp³-hybridized carbons (Fsp3) is 0.308. The highest BCUT2D eigenvalue weighted by Crippen LogP contribution is 2.16. The number of carbonyl (C=O) groups excluding carboxylic acids is 1. The molecule has 0 aliphatic rings. The Morgan fingerprint density at radius 1 is 1.35 bits per heavy atom. The van der Waals surface area contributed by atoms with Crippen LogP contribution in [-0.2, 0) is 23.1 Å². The van der Waals surface area contributed by atoms with E-state index < -0.39 is 0 Å². The predicted octanol–water partition coefficient (Wildman–Crippen LogP) is 1.69. The van der Waals surface area contributed by atoms with Crippen molar-refractivity contribution in [2.24, 2.45) is 7.05 Å². The minimum Gasteiger partial charge on any atom is -0.468 e. The Kier molecular flexibility index (Phi) is 5.00. The average molecular weight is 292 g/mol. The van der Waals surface area contributed by atoms with Gasteiger partial charge in [-0.2, -0.15) is 0 Å². The van der Waals surface area contributed by atoms with Crippen LogP contribution in [0.4, 0.5) is 5.69 Å². The summed E-state index contributed by atoms with van der Waals surface area (Å²) in [7, 11) is 3.25. The number of aromatic nitrogens is 3. The van der Waals surface area contributed by atoms with Crippen LogP contribution in [0.2, 0.25) is 0 Å². The molecule has 1 N–H and O–H groups in total. The number of carbonyl (C=O) groups is 1. The van der Waals surface area contributed by atoms with Gasteiger partial charge in [0.05, 0.1) is 19.4 Å². The fourth-order valence-corrected chi connectivity index (χ4v) is 2.31. The van der Waals surface area contributed by atoms with Gasteiger partial charge in [0.2, 0.25) is 0 Å². The molecule has 1 heterocycles. The molecule has 0 saturated heterocycles. The van der Waals surface area contributed by atoms with Crippen LogP contribution in [0.15, 0.2) is 35.5 Å². The molecular weight excluding hydrogens is 276 g/mol. The largest absolute Gasteiger partial charge is 0.468 e. The van der Waals surface area contributed by atoms with Crippen molar-refractivity contribution >= 4 is 23.4 Å². The molecule has 0 bridgehead atoms. The quantitative estimate of drug-likeness (QED) is 0.645. The minimum atomic E-state index is -0.276. The van der Waals surface area contributed by atoms with Crippen molar-refractivity contribution in [1.29, 1.82) is 0 Å². The SMILES string of the molecule is COC(=O)CSc1nnc(CNc2ccccc2)n1C. The second-order valence-corrected chi connectivity index (χ2v) is 4.98. The maximum absolute atomic E-state index is 11.1. The predicted molar refractivity (Wildman–Crippen MR) is 77.5 cm³/mol. The summed E-state index contributed by atoms with van der Waals surface area (Å²) in [6.45, 7) is 0.576. The van der Waals surface area contributed by atoms with Crippen molar-refractivity contribution in [1.82, 2.24) is 14.8 Å². The smallest absolute Gasteiger partial charge is 0.316 e. The first-order chi connectivity index (χ1) is 9.70. The van der Waals surface area contributed by atoms with E-state index in [1.54, 1.807) is 0 Å². The molecule has 6 nitrogen and oxygen atoms in total. The molecule has 0 saturated carbocycles. The Bertz CT molecular complexity index is 571. The van der Waals surface area contributed by atoms with Gasteiger partial charge in [-0.15, -0.1) is 10.2 Å². The van der Waals surface area contributed by atoms with Crippen LogP contribution in [-0.4, -0.2) is 33.6 Å². The maximum atomic E-state index is 11.1. The highest BCUT2D eigenvalue weighted by Gasteiger charge is 2.11. The molecule has 0 aliphatic heterocycles. The van der Waals surface area contributed by atoms with Gasteiger partial charge in [0.15, 0.2) is 11.0 Å². The Hall–Kier alpha value is -2.02. The van der Waals surface area contributed by atoms with Crippen molar-refractivity contribution in [3.63, 3.8) is 0 Å². The number of ether oxygens (including phenoxy) is 1. The second kappa shape index (κ2) is 6.95. The Labute approximate surface area is 121 Å².